The van der Waals surface area contributed by atoms with Crippen LogP contribution in [0.5, 0.6) is 0 Å². The molecular weight excluding hydrogens is 425 g/mol. The van der Waals surface area contributed by atoms with Gasteiger partial charge in [0.15, 0.2) is 5.65 Å². The largest absolute Gasteiger partial charge is 0.352 e. The molecule has 154 valence electrons. The molecule has 1 aliphatic carbocycles. The van der Waals surface area contributed by atoms with Crippen molar-refractivity contribution < 1.29 is 4.79 Å². The number of fused-ring (bicyclic) bond motifs is 1. The number of carbonyl (C=O) groups is 1. The zero-order valence-corrected chi connectivity index (χ0v) is 17.6. The Balaban J connectivity index is 1.69. The number of carbonyl (C=O) groups excluding carboxylic acids is 1. The molecule has 0 atom stereocenters. The van der Waals surface area contributed by atoms with Gasteiger partial charge in [0.1, 0.15) is 22.9 Å². The van der Waals surface area contributed by atoms with E-state index in [1.54, 1.807) is 12.1 Å². The number of nitriles is 1. The number of halogens is 2. The van der Waals surface area contributed by atoms with Crippen molar-refractivity contribution in [2.24, 2.45) is 5.92 Å². The second kappa shape index (κ2) is 8.50. The molecule has 0 spiro atoms. The third kappa shape index (κ3) is 3.81. The average molecular weight is 444 g/mol. The quantitative estimate of drug-likeness (QED) is 0.630. The molecule has 7 nitrogen and oxygen atoms in total. The minimum atomic E-state index is -0.599. The number of nitrogens with zero attached hydrogens (tertiary/aromatic N) is 3. The summed E-state index contributed by atoms with van der Waals surface area (Å²) >= 11 is 12.2. The number of hydrogen-bond acceptors (Lipinski definition) is 4. The third-order valence-electron chi connectivity index (χ3n) is 5.48. The van der Waals surface area contributed by atoms with Gasteiger partial charge in [0, 0.05) is 23.3 Å². The van der Waals surface area contributed by atoms with E-state index in [-0.39, 0.29) is 22.5 Å². The molecule has 30 heavy (non-hydrogen) atoms. The summed E-state index contributed by atoms with van der Waals surface area (Å²) in [6.07, 6.45) is 7.09. The van der Waals surface area contributed by atoms with Gasteiger partial charge >= 0.3 is 0 Å². The van der Waals surface area contributed by atoms with Crippen molar-refractivity contribution in [3.63, 3.8) is 0 Å². The fourth-order valence-corrected chi connectivity index (χ4v) is 4.37. The minimum Gasteiger partial charge on any atom is -0.352 e. The molecule has 9 heteroatoms. The Morgan fingerprint density at radius 1 is 1.30 bits per heavy atom. The lowest BCUT2D eigenvalue weighted by Crippen LogP contribution is -2.35. The Morgan fingerprint density at radius 2 is 2.07 bits per heavy atom. The summed E-state index contributed by atoms with van der Waals surface area (Å²) in [5.74, 6) is -0.0112. The molecule has 3 aromatic rings. The van der Waals surface area contributed by atoms with E-state index in [0.717, 1.165) is 17.4 Å². The van der Waals surface area contributed by atoms with Crippen molar-refractivity contribution >= 4 is 34.8 Å². The molecule has 1 aromatic carbocycles. The first-order valence-corrected chi connectivity index (χ1v) is 10.5. The highest BCUT2D eigenvalue weighted by molar-refractivity contribution is 6.36. The van der Waals surface area contributed by atoms with Crippen LogP contribution >= 0.6 is 23.2 Å². The van der Waals surface area contributed by atoms with Gasteiger partial charge in [0.25, 0.3) is 11.5 Å². The molecule has 1 amide bonds. The fourth-order valence-electron chi connectivity index (χ4n) is 3.88. The molecule has 1 saturated carbocycles. The smallest absolute Gasteiger partial charge is 0.287 e. The van der Waals surface area contributed by atoms with Gasteiger partial charge in [0.05, 0.1) is 5.02 Å². The summed E-state index contributed by atoms with van der Waals surface area (Å²) in [6, 6.07) is 6.85. The van der Waals surface area contributed by atoms with E-state index in [0.29, 0.717) is 28.1 Å². The van der Waals surface area contributed by atoms with E-state index in [1.807, 2.05) is 0 Å². The van der Waals surface area contributed by atoms with Crippen molar-refractivity contribution in [2.75, 3.05) is 6.54 Å². The second-order valence-corrected chi connectivity index (χ2v) is 8.29. The lowest BCUT2D eigenvalue weighted by Gasteiger charge is -2.21. The fraction of sp³-hybridized carbons (Fsp3) is 0.333. The van der Waals surface area contributed by atoms with Crippen molar-refractivity contribution in [1.82, 2.24) is 19.9 Å². The van der Waals surface area contributed by atoms with Gasteiger partial charge in [-0.2, -0.15) is 14.9 Å². The highest BCUT2D eigenvalue weighted by atomic mass is 35.5. The molecule has 0 radical (unpaired) electrons. The second-order valence-electron chi connectivity index (χ2n) is 7.44. The average Bonchev–Trinajstić information content (AvgIpc) is 3.12. The van der Waals surface area contributed by atoms with Gasteiger partial charge in [-0.1, -0.05) is 42.5 Å². The van der Waals surface area contributed by atoms with E-state index in [1.165, 1.54) is 31.5 Å². The number of hydrogen-bond donors (Lipinski definition) is 2. The third-order valence-corrected chi connectivity index (χ3v) is 6.03. The van der Waals surface area contributed by atoms with Crippen LogP contribution in [0, 0.1) is 17.2 Å². The summed E-state index contributed by atoms with van der Waals surface area (Å²) in [4.78, 5) is 28.4. The van der Waals surface area contributed by atoms with Crippen LogP contribution in [-0.2, 0) is 0 Å². The van der Waals surface area contributed by atoms with Gasteiger partial charge in [0.2, 0.25) is 0 Å². The molecule has 0 aliphatic heterocycles. The van der Waals surface area contributed by atoms with E-state index >= 15 is 0 Å². The summed E-state index contributed by atoms with van der Waals surface area (Å²) in [6.45, 7) is 0.546. The lowest BCUT2D eigenvalue weighted by molar-refractivity contribution is 0.0941. The van der Waals surface area contributed by atoms with Gasteiger partial charge in [-0.15, -0.1) is 0 Å². The maximum absolute atomic E-state index is 12.9. The van der Waals surface area contributed by atoms with Crippen LogP contribution in [0.15, 0.2) is 29.2 Å². The van der Waals surface area contributed by atoms with Gasteiger partial charge < -0.3 is 10.3 Å². The minimum absolute atomic E-state index is 0.0564. The zero-order valence-electron chi connectivity index (χ0n) is 16.0. The van der Waals surface area contributed by atoms with Crippen molar-refractivity contribution in [3.8, 4) is 17.3 Å². The molecule has 1 fully saturated rings. The first-order chi connectivity index (χ1) is 14.5. The van der Waals surface area contributed by atoms with E-state index < -0.39 is 11.5 Å². The molecule has 4 rings (SSSR count). The number of benzene rings is 1. The first-order valence-electron chi connectivity index (χ1n) is 9.77. The lowest BCUT2D eigenvalue weighted by atomic mass is 9.89. The van der Waals surface area contributed by atoms with Crippen LogP contribution in [0.3, 0.4) is 0 Å². The molecule has 2 heterocycles. The number of nitrogens with one attached hydrogen (secondary N) is 2. The van der Waals surface area contributed by atoms with Crippen LogP contribution in [0.2, 0.25) is 10.0 Å². The Kier molecular flexibility index (Phi) is 5.80. The summed E-state index contributed by atoms with van der Waals surface area (Å²) in [5.41, 5.74) is 0.416. The molecule has 2 aromatic heterocycles. The van der Waals surface area contributed by atoms with Gasteiger partial charge in [-0.25, -0.2) is 0 Å². The summed E-state index contributed by atoms with van der Waals surface area (Å²) < 4.78 is 1.04. The van der Waals surface area contributed by atoms with Crippen molar-refractivity contribution in [2.45, 2.75) is 32.1 Å². The topological polar surface area (TPSA) is 103 Å². The predicted octanol–water partition coefficient (Wildman–Crippen LogP) is 4.18. The van der Waals surface area contributed by atoms with Crippen LogP contribution in [-0.4, -0.2) is 27.0 Å². The number of rotatable bonds is 4. The Labute approximate surface area is 182 Å². The molecule has 1 aliphatic rings. The number of aromatic nitrogens is 3. The number of amides is 1. The van der Waals surface area contributed by atoms with Crippen LogP contribution in [0.4, 0.5) is 0 Å². The molecular formula is C21H19Cl2N5O2. The summed E-state index contributed by atoms with van der Waals surface area (Å²) in [5, 5.41) is 17.5. The maximum atomic E-state index is 12.9. The van der Waals surface area contributed by atoms with Crippen molar-refractivity contribution in [1.29, 1.82) is 5.26 Å². The normalized spacial score (nSPS) is 14.6. The SMILES string of the molecule is N#Cc1c(-c2ccc(Cl)cc2Cl)nn2c(=O)c(C(=O)NCC3CCCCC3)c[nH]c12. The molecule has 0 bridgehead atoms. The van der Waals surface area contributed by atoms with E-state index in [9.17, 15) is 14.9 Å². The van der Waals surface area contributed by atoms with E-state index in [2.05, 4.69) is 21.5 Å². The highest BCUT2D eigenvalue weighted by Gasteiger charge is 2.22. The van der Waals surface area contributed by atoms with Crippen LogP contribution < -0.4 is 10.9 Å². The predicted molar refractivity (Wildman–Crippen MR) is 115 cm³/mol. The van der Waals surface area contributed by atoms with Crippen molar-refractivity contribution in [3.05, 3.63) is 55.9 Å². The highest BCUT2D eigenvalue weighted by Crippen LogP contribution is 2.32. The first kappa shape index (κ1) is 20.5. The Morgan fingerprint density at radius 3 is 2.77 bits per heavy atom. The number of H-pyrrole nitrogens is 1. The molecule has 0 unspecified atom stereocenters. The maximum Gasteiger partial charge on any atom is 0.287 e. The standard InChI is InChI=1S/C21H19Cl2N5O2/c22-13-6-7-14(17(23)8-13)18-15(9-24)19-25-11-16(21(30)28(19)27-18)20(29)26-10-12-4-2-1-3-5-12/h6-8,11-12,25H,1-5,10H2,(H,26,29). The van der Waals surface area contributed by atoms with Crippen LogP contribution in [0.25, 0.3) is 16.9 Å². The van der Waals surface area contributed by atoms with Gasteiger partial charge in [-0.05, 0) is 37.0 Å². The summed E-state index contributed by atoms with van der Waals surface area (Å²) in [7, 11) is 0. The monoisotopic (exact) mass is 443 g/mol. The van der Waals surface area contributed by atoms with Gasteiger partial charge in [-0.3, -0.25) is 9.59 Å². The number of aromatic amines is 1. The zero-order chi connectivity index (χ0) is 21.3. The Bertz CT molecular complexity index is 1220. The molecule has 0 saturated heterocycles. The van der Waals surface area contributed by atoms with E-state index in [4.69, 9.17) is 23.2 Å². The van der Waals surface area contributed by atoms with Crippen LogP contribution in [0.1, 0.15) is 48.0 Å². The molecule has 2 N–H and O–H groups in total. The Hall–Kier alpha value is -2.82.